The summed E-state index contributed by atoms with van der Waals surface area (Å²) in [6, 6.07) is 3.56. The SMILES string of the molecule is CC(=O)CCCCCN(C)C(c1ccco1)P1(=O)OCCO1. The Labute approximate surface area is 131 Å². The van der Waals surface area contributed by atoms with Crippen LogP contribution in [0, 0.1) is 0 Å². The molecule has 1 aromatic heterocycles. The maximum Gasteiger partial charge on any atom is 0.355 e. The van der Waals surface area contributed by atoms with Gasteiger partial charge in [0.15, 0.2) is 5.78 Å². The minimum atomic E-state index is -3.22. The fourth-order valence-electron chi connectivity index (χ4n) is 2.59. The fraction of sp³-hybridized carbons (Fsp3) is 0.667. The number of carbonyl (C=O) groups excluding carboxylic acids is 1. The maximum atomic E-state index is 12.8. The van der Waals surface area contributed by atoms with Gasteiger partial charge in [0, 0.05) is 6.42 Å². The normalized spacial score (nSPS) is 18.7. The highest BCUT2D eigenvalue weighted by atomic mass is 31.2. The van der Waals surface area contributed by atoms with E-state index >= 15 is 0 Å². The van der Waals surface area contributed by atoms with Crippen molar-refractivity contribution in [2.45, 2.75) is 38.4 Å². The molecule has 1 saturated heterocycles. The summed E-state index contributed by atoms with van der Waals surface area (Å²) in [5.74, 6) is 0.299. The molecule has 0 spiro atoms. The molecule has 1 fully saturated rings. The lowest BCUT2D eigenvalue weighted by Gasteiger charge is -2.29. The first kappa shape index (κ1) is 17.4. The van der Waals surface area contributed by atoms with Gasteiger partial charge in [0.2, 0.25) is 0 Å². The van der Waals surface area contributed by atoms with E-state index in [0.717, 1.165) is 25.8 Å². The number of furan rings is 1. The molecule has 0 aromatic carbocycles. The molecule has 22 heavy (non-hydrogen) atoms. The molecule has 1 aromatic rings. The summed E-state index contributed by atoms with van der Waals surface area (Å²) in [7, 11) is -1.33. The minimum absolute atomic E-state index is 0.221. The average Bonchev–Trinajstić information content (AvgIpc) is 3.11. The van der Waals surface area contributed by atoms with E-state index in [2.05, 4.69) is 0 Å². The minimum Gasteiger partial charge on any atom is -0.467 e. The topological polar surface area (TPSA) is 69.0 Å². The molecule has 1 aliphatic heterocycles. The fourth-order valence-corrected chi connectivity index (χ4v) is 4.67. The Kier molecular flexibility index (Phi) is 6.38. The second-order valence-electron chi connectivity index (χ2n) is 5.59. The van der Waals surface area contributed by atoms with Crippen LogP contribution in [0.5, 0.6) is 0 Å². The monoisotopic (exact) mass is 329 g/mol. The van der Waals surface area contributed by atoms with Gasteiger partial charge in [-0.1, -0.05) is 6.42 Å². The van der Waals surface area contributed by atoms with Gasteiger partial charge in [-0.3, -0.25) is 9.46 Å². The molecular weight excluding hydrogens is 305 g/mol. The first-order chi connectivity index (χ1) is 10.5. The molecule has 0 aliphatic carbocycles. The second kappa shape index (κ2) is 8.06. The predicted molar refractivity (Wildman–Crippen MR) is 82.7 cm³/mol. The van der Waals surface area contributed by atoms with Gasteiger partial charge in [-0.25, -0.2) is 0 Å². The van der Waals surface area contributed by atoms with E-state index in [1.54, 1.807) is 25.3 Å². The third-order valence-corrected chi connectivity index (χ3v) is 6.01. The summed E-state index contributed by atoms with van der Waals surface area (Å²) < 4.78 is 29.1. The van der Waals surface area contributed by atoms with Gasteiger partial charge >= 0.3 is 7.60 Å². The summed E-state index contributed by atoms with van der Waals surface area (Å²) in [6.45, 7) is 3.04. The number of unbranched alkanes of at least 4 members (excludes halogenated alkanes) is 2. The number of Topliss-reactive ketones (excluding diaryl/α,β-unsaturated/α-hetero) is 1. The molecule has 0 amide bonds. The molecule has 0 saturated carbocycles. The van der Waals surface area contributed by atoms with Gasteiger partial charge in [-0.2, -0.15) is 0 Å². The van der Waals surface area contributed by atoms with Gasteiger partial charge in [-0.05, 0) is 45.5 Å². The van der Waals surface area contributed by atoms with Crippen LogP contribution in [-0.4, -0.2) is 37.5 Å². The van der Waals surface area contributed by atoms with E-state index in [9.17, 15) is 9.36 Å². The summed E-state index contributed by atoms with van der Waals surface area (Å²) >= 11 is 0. The molecule has 124 valence electrons. The Morgan fingerprint density at radius 1 is 1.32 bits per heavy atom. The van der Waals surface area contributed by atoms with E-state index in [0.29, 0.717) is 25.4 Å². The van der Waals surface area contributed by atoms with Crippen LogP contribution in [0.4, 0.5) is 0 Å². The molecule has 7 heteroatoms. The van der Waals surface area contributed by atoms with Crippen molar-refractivity contribution in [1.82, 2.24) is 4.90 Å². The van der Waals surface area contributed by atoms with Crippen molar-refractivity contribution in [3.05, 3.63) is 24.2 Å². The maximum absolute atomic E-state index is 12.8. The summed E-state index contributed by atoms with van der Waals surface area (Å²) in [6.07, 6.45) is 4.95. The number of hydrogen-bond donors (Lipinski definition) is 0. The molecule has 1 atom stereocenters. The van der Waals surface area contributed by atoms with Gasteiger partial charge in [0.05, 0.1) is 19.5 Å². The van der Waals surface area contributed by atoms with Crippen molar-refractivity contribution in [1.29, 1.82) is 0 Å². The van der Waals surface area contributed by atoms with E-state index in [1.807, 2.05) is 11.9 Å². The van der Waals surface area contributed by atoms with Crippen molar-refractivity contribution >= 4 is 13.4 Å². The number of ketones is 1. The van der Waals surface area contributed by atoms with Crippen molar-refractivity contribution in [3.63, 3.8) is 0 Å². The quantitative estimate of drug-likeness (QED) is 0.509. The Morgan fingerprint density at radius 2 is 2.05 bits per heavy atom. The van der Waals surface area contributed by atoms with E-state index in [4.69, 9.17) is 13.5 Å². The van der Waals surface area contributed by atoms with Crippen LogP contribution in [-0.2, 0) is 18.4 Å². The number of rotatable bonds is 9. The number of hydrogen-bond acceptors (Lipinski definition) is 6. The lowest BCUT2D eigenvalue weighted by Crippen LogP contribution is -2.26. The van der Waals surface area contributed by atoms with Gasteiger partial charge in [0.25, 0.3) is 0 Å². The third-order valence-electron chi connectivity index (χ3n) is 3.68. The molecule has 0 N–H and O–H groups in total. The van der Waals surface area contributed by atoms with Crippen LogP contribution in [0.1, 0.15) is 44.2 Å². The molecular formula is C15H24NO5P. The zero-order valence-corrected chi connectivity index (χ0v) is 14.1. The zero-order chi connectivity index (χ0) is 16.0. The van der Waals surface area contributed by atoms with E-state index < -0.39 is 13.4 Å². The van der Waals surface area contributed by atoms with E-state index in [1.165, 1.54) is 0 Å². The first-order valence-electron chi connectivity index (χ1n) is 7.65. The molecule has 1 unspecified atom stereocenters. The Balaban J connectivity index is 1.94. The standard InChI is InChI=1S/C15H24NO5P/c1-13(17)7-4-3-5-9-16(2)15(14-8-6-10-19-14)22(18)20-11-12-21-22/h6,8,10,15H,3-5,7,9,11-12H2,1-2H3. The van der Waals surface area contributed by atoms with Crippen molar-refractivity contribution in [2.24, 2.45) is 0 Å². The highest BCUT2D eigenvalue weighted by Gasteiger charge is 2.44. The summed E-state index contributed by atoms with van der Waals surface area (Å²) in [5.41, 5.74) is 0. The lowest BCUT2D eigenvalue weighted by atomic mass is 10.1. The van der Waals surface area contributed by atoms with Crippen LogP contribution in [0.3, 0.4) is 0 Å². The summed E-state index contributed by atoms with van der Waals surface area (Å²) in [4.78, 5) is 12.9. The van der Waals surface area contributed by atoms with Gasteiger partial charge in [0.1, 0.15) is 11.5 Å². The molecule has 6 nitrogen and oxygen atoms in total. The Hall–Kier alpha value is -0.940. The molecule has 2 rings (SSSR count). The van der Waals surface area contributed by atoms with E-state index in [-0.39, 0.29) is 5.78 Å². The van der Waals surface area contributed by atoms with Gasteiger partial charge in [-0.15, -0.1) is 0 Å². The van der Waals surface area contributed by atoms with Crippen LogP contribution < -0.4 is 0 Å². The van der Waals surface area contributed by atoms with Crippen molar-refractivity contribution in [3.8, 4) is 0 Å². The number of carbonyl (C=O) groups is 1. The molecule has 1 aliphatic rings. The number of nitrogens with zero attached hydrogens (tertiary/aromatic N) is 1. The molecule has 0 radical (unpaired) electrons. The smallest absolute Gasteiger partial charge is 0.355 e. The van der Waals surface area contributed by atoms with Crippen LogP contribution in [0.2, 0.25) is 0 Å². The Morgan fingerprint density at radius 3 is 2.64 bits per heavy atom. The molecule has 0 bridgehead atoms. The van der Waals surface area contributed by atoms with Crippen LogP contribution >= 0.6 is 7.60 Å². The predicted octanol–water partition coefficient (Wildman–Crippen LogP) is 3.60. The first-order valence-corrected chi connectivity index (χ1v) is 9.26. The van der Waals surface area contributed by atoms with Gasteiger partial charge < -0.3 is 18.3 Å². The van der Waals surface area contributed by atoms with Crippen LogP contribution in [0.15, 0.2) is 22.8 Å². The highest BCUT2D eigenvalue weighted by Crippen LogP contribution is 2.64. The highest BCUT2D eigenvalue weighted by molar-refractivity contribution is 7.54. The van der Waals surface area contributed by atoms with Crippen molar-refractivity contribution in [2.75, 3.05) is 26.8 Å². The lowest BCUT2D eigenvalue weighted by molar-refractivity contribution is -0.117. The van der Waals surface area contributed by atoms with Crippen LogP contribution in [0.25, 0.3) is 0 Å². The Bertz CT molecular complexity index is 506. The zero-order valence-electron chi connectivity index (χ0n) is 13.2. The average molecular weight is 329 g/mol. The second-order valence-corrected chi connectivity index (χ2v) is 7.67. The largest absolute Gasteiger partial charge is 0.467 e. The third kappa shape index (κ3) is 4.53. The molecule has 2 heterocycles. The van der Waals surface area contributed by atoms with Crippen molar-refractivity contribution < 1.29 is 22.8 Å². The summed E-state index contributed by atoms with van der Waals surface area (Å²) in [5, 5.41) is 0.